The lowest BCUT2D eigenvalue weighted by atomic mass is 9.40. The molecule has 0 heterocycles. The molecule has 5 unspecified atom stereocenters. The lowest BCUT2D eigenvalue weighted by Crippen LogP contribution is -2.60. The van der Waals surface area contributed by atoms with Crippen LogP contribution in [-0.4, -0.2) is 29.8 Å². The van der Waals surface area contributed by atoms with Gasteiger partial charge in [0.2, 0.25) is 5.78 Å². The van der Waals surface area contributed by atoms with E-state index in [1.54, 1.807) is 19.9 Å². The fraction of sp³-hybridized carbons (Fsp3) is 0.552. The first-order valence-corrected chi connectivity index (χ1v) is 12.2. The van der Waals surface area contributed by atoms with Crippen LogP contribution in [-0.2, 0) is 24.5 Å². The lowest BCUT2D eigenvalue weighted by molar-refractivity contribution is -0.170. The molecule has 4 aliphatic carbocycles. The van der Waals surface area contributed by atoms with Crippen LogP contribution in [0.4, 0.5) is 0 Å². The summed E-state index contributed by atoms with van der Waals surface area (Å²) in [7, 11) is 1.36. The summed E-state index contributed by atoms with van der Waals surface area (Å²) in [6.07, 6.45) is 4.23. The topological polar surface area (TPSA) is 80.7 Å². The lowest BCUT2D eigenvalue weighted by Gasteiger charge is -2.63. The Morgan fingerprint density at radius 3 is 2.41 bits per heavy atom. The number of ether oxygens (including phenoxy) is 1. The number of hydrogen-bond donors (Lipinski definition) is 1. The smallest absolute Gasteiger partial charge is 0.319 e. The summed E-state index contributed by atoms with van der Waals surface area (Å²) in [5, 5.41) is 12.3. The van der Waals surface area contributed by atoms with Crippen molar-refractivity contribution in [3.8, 4) is 0 Å². The Labute approximate surface area is 200 Å². The van der Waals surface area contributed by atoms with Crippen molar-refractivity contribution in [1.29, 1.82) is 0 Å². The first-order chi connectivity index (χ1) is 15.8. The minimum atomic E-state index is -1.15. The molecule has 1 aromatic carbocycles. The Balaban J connectivity index is 1.80. The standard InChI is InChI=1S/C29H34O5/c1-15-17-8-9-19-23(18(17)12-20(30)24(15)32)16(2)29(6)21-13-27(4,25(33)34-7)22(31)14-26(21,3)10-11-28(19,29)5/h8-9,12,21,32H,10-11,13-14H2,1-7H3. The van der Waals surface area contributed by atoms with Gasteiger partial charge in [-0.1, -0.05) is 38.5 Å². The summed E-state index contributed by atoms with van der Waals surface area (Å²) >= 11 is 0. The molecule has 2 fully saturated rings. The summed E-state index contributed by atoms with van der Waals surface area (Å²) in [5.74, 6) is -0.928. The van der Waals surface area contributed by atoms with Gasteiger partial charge in [-0.3, -0.25) is 14.4 Å². The molecule has 5 nitrogen and oxygen atoms in total. The number of rotatable bonds is 1. The molecule has 0 aliphatic heterocycles. The zero-order valence-electron chi connectivity index (χ0n) is 21.2. The quantitative estimate of drug-likeness (QED) is 0.508. The number of methoxy groups -OCH3 is 1. The molecule has 5 rings (SSSR count). The monoisotopic (exact) mass is 462 g/mol. The molecular formula is C29H34O5. The van der Waals surface area contributed by atoms with E-state index in [9.17, 15) is 19.5 Å². The molecule has 0 radical (unpaired) electrons. The van der Waals surface area contributed by atoms with Crippen LogP contribution in [0.5, 0.6) is 0 Å². The highest BCUT2D eigenvalue weighted by Gasteiger charge is 2.67. The number of allylic oxidation sites excluding steroid dienone is 2. The van der Waals surface area contributed by atoms with Crippen LogP contribution in [0.1, 0.15) is 78.4 Å². The average molecular weight is 463 g/mol. The van der Waals surface area contributed by atoms with E-state index in [-0.39, 0.29) is 39.5 Å². The molecule has 0 amide bonds. The summed E-state index contributed by atoms with van der Waals surface area (Å²) in [6.45, 7) is 12.5. The largest absolute Gasteiger partial charge is 0.504 e. The number of aliphatic hydroxyl groups is 1. The average Bonchev–Trinajstić information content (AvgIpc) is 2.97. The van der Waals surface area contributed by atoms with E-state index < -0.39 is 11.4 Å². The maximum absolute atomic E-state index is 13.3. The molecule has 0 aromatic heterocycles. The van der Waals surface area contributed by atoms with Gasteiger partial charge < -0.3 is 9.84 Å². The minimum absolute atomic E-state index is 0.0222. The van der Waals surface area contributed by atoms with Crippen molar-refractivity contribution in [1.82, 2.24) is 0 Å². The third kappa shape index (κ3) is 2.43. The second-order valence-electron chi connectivity index (χ2n) is 11.9. The molecule has 0 spiro atoms. The summed E-state index contributed by atoms with van der Waals surface area (Å²) in [6, 6.07) is 4.20. The van der Waals surface area contributed by atoms with Crippen LogP contribution >= 0.6 is 0 Å². The van der Waals surface area contributed by atoms with E-state index in [0.717, 1.165) is 28.8 Å². The van der Waals surface area contributed by atoms with Crippen LogP contribution in [0.3, 0.4) is 0 Å². The van der Waals surface area contributed by atoms with E-state index in [1.807, 2.05) is 6.07 Å². The maximum atomic E-state index is 13.3. The third-order valence-electron chi connectivity index (χ3n) is 10.6. The number of carbonyl (C=O) groups excluding carboxylic acids is 3. The molecule has 180 valence electrons. The van der Waals surface area contributed by atoms with Gasteiger partial charge >= 0.3 is 5.97 Å². The normalized spacial score (nSPS) is 38.6. The van der Waals surface area contributed by atoms with E-state index in [2.05, 4.69) is 33.8 Å². The molecule has 5 atom stereocenters. The van der Waals surface area contributed by atoms with Gasteiger partial charge in [-0.2, -0.15) is 0 Å². The SMILES string of the molecule is COC(=O)C1(C)CC2C(C)(CCC3(C)c4ccc5c(c4=C(C)C23C)=CC(=O)C(O)=C5C)CC1=O. The summed E-state index contributed by atoms with van der Waals surface area (Å²) < 4.78 is 5.10. The van der Waals surface area contributed by atoms with Gasteiger partial charge in [0.25, 0.3) is 0 Å². The number of aliphatic hydroxyl groups excluding tert-OH is 1. The molecule has 1 N–H and O–H groups in total. The van der Waals surface area contributed by atoms with Crippen molar-refractivity contribution in [2.75, 3.05) is 7.11 Å². The minimum Gasteiger partial charge on any atom is -0.504 e. The first-order valence-electron chi connectivity index (χ1n) is 12.2. The second-order valence-corrected chi connectivity index (χ2v) is 11.9. The molecule has 4 aliphatic rings. The van der Waals surface area contributed by atoms with Crippen LogP contribution in [0, 0.1) is 22.2 Å². The van der Waals surface area contributed by atoms with Gasteiger partial charge in [0.15, 0.2) is 5.76 Å². The van der Waals surface area contributed by atoms with Gasteiger partial charge in [-0.25, -0.2) is 0 Å². The predicted molar refractivity (Wildman–Crippen MR) is 130 cm³/mol. The highest BCUT2D eigenvalue weighted by Crippen LogP contribution is 2.70. The Morgan fingerprint density at radius 1 is 1.09 bits per heavy atom. The van der Waals surface area contributed by atoms with Crippen molar-refractivity contribution in [2.24, 2.45) is 22.2 Å². The number of benzene rings is 1. The van der Waals surface area contributed by atoms with E-state index >= 15 is 0 Å². The number of fused-ring (bicyclic) bond motifs is 7. The molecule has 34 heavy (non-hydrogen) atoms. The Hall–Kier alpha value is -2.69. The molecule has 1 aromatic rings. The number of Topliss-reactive ketones (excluding diaryl/α,β-unsaturated/α-hetero) is 2. The fourth-order valence-electron chi connectivity index (χ4n) is 8.04. The summed E-state index contributed by atoms with van der Waals surface area (Å²) in [5.41, 5.74) is 2.06. The van der Waals surface area contributed by atoms with E-state index in [4.69, 9.17) is 4.74 Å². The number of esters is 1. The van der Waals surface area contributed by atoms with Gasteiger partial charge in [-0.15, -0.1) is 0 Å². The van der Waals surface area contributed by atoms with E-state index in [0.29, 0.717) is 18.4 Å². The van der Waals surface area contributed by atoms with Crippen LogP contribution < -0.4 is 10.4 Å². The molecule has 2 saturated carbocycles. The fourth-order valence-corrected chi connectivity index (χ4v) is 8.04. The van der Waals surface area contributed by atoms with Gasteiger partial charge in [-0.05, 0) is 79.0 Å². The Morgan fingerprint density at radius 2 is 1.76 bits per heavy atom. The molecule has 5 heteroatoms. The van der Waals surface area contributed by atoms with Crippen molar-refractivity contribution in [3.05, 3.63) is 39.5 Å². The molecule has 0 saturated heterocycles. The molecular weight excluding hydrogens is 428 g/mol. The van der Waals surface area contributed by atoms with Crippen LogP contribution in [0.25, 0.3) is 17.2 Å². The van der Waals surface area contributed by atoms with E-state index in [1.165, 1.54) is 18.2 Å². The van der Waals surface area contributed by atoms with Gasteiger partial charge in [0.1, 0.15) is 11.2 Å². The molecule has 0 bridgehead atoms. The van der Waals surface area contributed by atoms with Crippen LogP contribution in [0.15, 0.2) is 17.9 Å². The first kappa shape index (κ1) is 23.1. The van der Waals surface area contributed by atoms with Crippen molar-refractivity contribution < 1.29 is 24.2 Å². The highest BCUT2D eigenvalue weighted by molar-refractivity contribution is 6.20. The maximum Gasteiger partial charge on any atom is 0.319 e. The number of ketones is 2. The third-order valence-corrected chi connectivity index (χ3v) is 10.6. The number of hydrogen-bond acceptors (Lipinski definition) is 5. The van der Waals surface area contributed by atoms with Gasteiger partial charge in [0.05, 0.1) is 7.11 Å². The van der Waals surface area contributed by atoms with Crippen molar-refractivity contribution in [2.45, 2.75) is 72.6 Å². The van der Waals surface area contributed by atoms with Crippen LogP contribution in [0.2, 0.25) is 0 Å². The van der Waals surface area contributed by atoms with Crippen molar-refractivity contribution >= 4 is 34.8 Å². The highest BCUT2D eigenvalue weighted by atomic mass is 16.5. The van der Waals surface area contributed by atoms with Crippen molar-refractivity contribution in [3.63, 3.8) is 0 Å². The Bertz CT molecular complexity index is 1350. The Kier molecular flexibility index (Phi) is 4.55. The zero-order chi connectivity index (χ0) is 25.0. The second kappa shape index (κ2) is 6.71. The zero-order valence-corrected chi connectivity index (χ0v) is 21.2. The number of carbonyl (C=O) groups is 3. The predicted octanol–water partition coefficient (Wildman–Crippen LogP) is 3.75. The summed E-state index contributed by atoms with van der Waals surface area (Å²) in [4.78, 5) is 38.7. The van der Waals surface area contributed by atoms with Gasteiger partial charge in [0, 0.05) is 22.8 Å².